The number of rotatable bonds is 5. The van der Waals surface area contributed by atoms with Crippen LogP contribution >= 0.6 is 0 Å². The van der Waals surface area contributed by atoms with E-state index >= 15 is 0 Å². The minimum absolute atomic E-state index is 0.0188. The van der Waals surface area contributed by atoms with Crippen LogP contribution in [0.2, 0.25) is 0 Å². The first kappa shape index (κ1) is 13.8. The number of nitrogens with one attached hydrogen (secondary N) is 1. The van der Waals surface area contributed by atoms with Gasteiger partial charge in [0.05, 0.1) is 11.0 Å². The van der Waals surface area contributed by atoms with E-state index in [1.807, 2.05) is 0 Å². The zero-order chi connectivity index (χ0) is 15.5. The number of non-ortho nitro benzene ring substituents is 1. The Balaban J connectivity index is 1.65. The van der Waals surface area contributed by atoms with Crippen LogP contribution in [0.15, 0.2) is 36.4 Å². The highest BCUT2D eigenvalue weighted by Crippen LogP contribution is 2.18. The van der Waals surface area contributed by atoms with E-state index < -0.39 is 11.0 Å². The molecule has 3 aromatic rings. The quantitative estimate of drug-likeness (QED) is 0.516. The molecular formula is C12H11N7O3. The standard InChI is InChI=1S/C12H11N7O3/c20-10(8-1-3-9(4-2-8)19(21)22)7-13-11-5-6-12-14-16-17-18(12)15-11/h1-6,10,20H,7H2,(H,13,15)/t10-/m1/s1. The van der Waals surface area contributed by atoms with Gasteiger partial charge in [-0.2, -0.15) is 0 Å². The molecule has 0 spiro atoms. The summed E-state index contributed by atoms with van der Waals surface area (Å²) in [7, 11) is 0. The Kier molecular flexibility index (Phi) is 3.58. The van der Waals surface area contributed by atoms with Crippen molar-refractivity contribution in [3.63, 3.8) is 0 Å². The lowest BCUT2D eigenvalue weighted by atomic mass is 10.1. The number of benzene rings is 1. The molecule has 22 heavy (non-hydrogen) atoms. The number of aromatic nitrogens is 5. The largest absolute Gasteiger partial charge is 0.387 e. The van der Waals surface area contributed by atoms with E-state index in [4.69, 9.17) is 0 Å². The molecule has 10 heteroatoms. The van der Waals surface area contributed by atoms with Gasteiger partial charge in [0.25, 0.3) is 5.69 Å². The fourth-order valence-electron chi connectivity index (χ4n) is 1.88. The summed E-state index contributed by atoms with van der Waals surface area (Å²) >= 11 is 0. The topological polar surface area (TPSA) is 131 Å². The van der Waals surface area contributed by atoms with Crippen LogP contribution in [0, 0.1) is 10.1 Å². The van der Waals surface area contributed by atoms with Gasteiger partial charge in [-0.1, -0.05) is 0 Å². The lowest BCUT2D eigenvalue weighted by Crippen LogP contribution is -2.14. The molecule has 0 aliphatic rings. The summed E-state index contributed by atoms with van der Waals surface area (Å²) in [5, 5.41) is 38.6. The average molecular weight is 301 g/mol. The first-order valence-corrected chi connectivity index (χ1v) is 6.35. The maximum absolute atomic E-state index is 10.6. The number of nitro benzene ring substituents is 1. The van der Waals surface area contributed by atoms with Crippen LogP contribution < -0.4 is 5.32 Å². The van der Waals surface area contributed by atoms with Gasteiger partial charge in [-0.25, -0.2) is 0 Å². The van der Waals surface area contributed by atoms with Gasteiger partial charge >= 0.3 is 0 Å². The third-order valence-corrected chi connectivity index (χ3v) is 3.03. The van der Waals surface area contributed by atoms with Crippen molar-refractivity contribution >= 4 is 17.2 Å². The summed E-state index contributed by atoms with van der Waals surface area (Å²) in [6, 6.07) is 9.11. The van der Waals surface area contributed by atoms with Crippen LogP contribution in [0.4, 0.5) is 11.5 Å². The first-order chi connectivity index (χ1) is 10.6. The van der Waals surface area contributed by atoms with Gasteiger partial charge in [0.15, 0.2) is 5.65 Å². The molecule has 0 radical (unpaired) electrons. The van der Waals surface area contributed by atoms with E-state index in [1.54, 1.807) is 12.1 Å². The Bertz CT molecular complexity index is 802. The van der Waals surface area contributed by atoms with Crippen LogP contribution in [0.25, 0.3) is 5.65 Å². The Labute approximate surface area is 123 Å². The van der Waals surface area contributed by atoms with Gasteiger partial charge < -0.3 is 10.4 Å². The van der Waals surface area contributed by atoms with E-state index in [-0.39, 0.29) is 12.2 Å². The van der Waals surface area contributed by atoms with Gasteiger partial charge in [-0.05, 0) is 40.3 Å². The highest BCUT2D eigenvalue weighted by atomic mass is 16.6. The molecule has 1 atom stereocenters. The van der Waals surface area contributed by atoms with Crippen molar-refractivity contribution in [3.8, 4) is 0 Å². The van der Waals surface area contributed by atoms with E-state index in [0.717, 1.165) is 0 Å². The minimum Gasteiger partial charge on any atom is -0.387 e. The summed E-state index contributed by atoms with van der Waals surface area (Å²) in [6.07, 6.45) is -0.827. The van der Waals surface area contributed by atoms with Crippen LogP contribution in [0.5, 0.6) is 0 Å². The average Bonchev–Trinajstić information content (AvgIpc) is 3.00. The monoisotopic (exact) mass is 301 g/mol. The number of hydrogen-bond acceptors (Lipinski definition) is 8. The van der Waals surface area contributed by atoms with Crippen LogP contribution in [-0.2, 0) is 0 Å². The number of hydrogen-bond donors (Lipinski definition) is 2. The minimum atomic E-state index is -0.827. The fraction of sp³-hybridized carbons (Fsp3) is 0.167. The van der Waals surface area contributed by atoms with E-state index in [9.17, 15) is 15.2 Å². The number of anilines is 1. The molecular weight excluding hydrogens is 290 g/mol. The van der Waals surface area contributed by atoms with Crippen molar-refractivity contribution in [3.05, 3.63) is 52.1 Å². The molecule has 1 aromatic carbocycles. The molecule has 0 bridgehead atoms. The van der Waals surface area contributed by atoms with Crippen LogP contribution in [-0.4, -0.2) is 41.8 Å². The SMILES string of the molecule is O=[N+]([O-])c1ccc([C@H](O)CNc2ccc3nnnn3n2)cc1. The third-order valence-electron chi connectivity index (χ3n) is 3.03. The summed E-state index contributed by atoms with van der Waals surface area (Å²) in [5.74, 6) is 0.501. The zero-order valence-corrected chi connectivity index (χ0v) is 11.2. The number of fused-ring (bicyclic) bond motifs is 1. The maximum atomic E-state index is 10.6. The molecule has 2 heterocycles. The van der Waals surface area contributed by atoms with Gasteiger partial charge in [-0.3, -0.25) is 10.1 Å². The van der Waals surface area contributed by atoms with Crippen molar-refractivity contribution in [1.29, 1.82) is 0 Å². The van der Waals surface area contributed by atoms with E-state index in [0.29, 0.717) is 17.0 Å². The molecule has 0 saturated heterocycles. The summed E-state index contributed by atoms with van der Waals surface area (Å²) in [5.41, 5.74) is 1.07. The Morgan fingerprint density at radius 2 is 2.05 bits per heavy atom. The second-order valence-electron chi connectivity index (χ2n) is 4.49. The summed E-state index contributed by atoms with van der Waals surface area (Å²) in [6.45, 7) is 0.193. The normalized spacial score (nSPS) is 12.2. The number of aliphatic hydroxyl groups is 1. The smallest absolute Gasteiger partial charge is 0.269 e. The molecule has 0 aliphatic carbocycles. The number of nitro groups is 1. The number of nitrogens with zero attached hydrogens (tertiary/aromatic N) is 6. The Morgan fingerprint density at radius 3 is 2.77 bits per heavy atom. The van der Waals surface area contributed by atoms with Crippen molar-refractivity contribution in [1.82, 2.24) is 25.3 Å². The molecule has 10 nitrogen and oxygen atoms in total. The maximum Gasteiger partial charge on any atom is 0.269 e. The van der Waals surface area contributed by atoms with Crippen molar-refractivity contribution in [2.45, 2.75) is 6.10 Å². The van der Waals surface area contributed by atoms with E-state index in [1.165, 1.54) is 28.9 Å². The van der Waals surface area contributed by atoms with Crippen molar-refractivity contribution in [2.24, 2.45) is 0 Å². The molecule has 3 rings (SSSR count). The highest BCUT2D eigenvalue weighted by Gasteiger charge is 2.11. The molecule has 0 unspecified atom stereocenters. The number of tetrazole rings is 1. The zero-order valence-electron chi connectivity index (χ0n) is 11.2. The highest BCUT2D eigenvalue weighted by molar-refractivity contribution is 5.42. The molecule has 0 amide bonds. The number of aliphatic hydroxyl groups excluding tert-OH is 1. The molecule has 0 saturated carbocycles. The lowest BCUT2D eigenvalue weighted by molar-refractivity contribution is -0.384. The second kappa shape index (κ2) is 5.69. The Hall–Kier alpha value is -3.14. The van der Waals surface area contributed by atoms with Crippen LogP contribution in [0.3, 0.4) is 0 Å². The Morgan fingerprint density at radius 1 is 1.27 bits per heavy atom. The molecule has 0 fully saturated rings. The van der Waals surface area contributed by atoms with Gasteiger partial charge in [0.2, 0.25) is 0 Å². The van der Waals surface area contributed by atoms with Gasteiger partial charge in [-0.15, -0.1) is 14.8 Å². The van der Waals surface area contributed by atoms with Gasteiger partial charge in [0, 0.05) is 18.7 Å². The fourth-order valence-corrected chi connectivity index (χ4v) is 1.88. The predicted octanol–water partition coefficient (Wildman–Crippen LogP) is 0.573. The molecule has 2 N–H and O–H groups in total. The molecule has 112 valence electrons. The molecule has 2 aromatic heterocycles. The van der Waals surface area contributed by atoms with Gasteiger partial charge in [0.1, 0.15) is 5.82 Å². The van der Waals surface area contributed by atoms with E-state index in [2.05, 4.69) is 25.9 Å². The van der Waals surface area contributed by atoms with Crippen molar-refractivity contribution in [2.75, 3.05) is 11.9 Å². The molecule has 0 aliphatic heterocycles. The third kappa shape index (κ3) is 2.81. The second-order valence-corrected chi connectivity index (χ2v) is 4.49. The summed E-state index contributed by atoms with van der Waals surface area (Å²) < 4.78 is 1.26. The lowest BCUT2D eigenvalue weighted by Gasteiger charge is -2.12. The van der Waals surface area contributed by atoms with Crippen LogP contribution in [0.1, 0.15) is 11.7 Å². The first-order valence-electron chi connectivity index (χ1n) is 6.35. The summed E-state index contributed by atoms with van der Waals surface area (Å²) in [4.78, 5) is 10.1. The van der Waals surface area contributed by atoms with Crippen molar-refractivity contribution < 1.29 is 10.0 Å². The predicted molar refractivity (Wildman–Crippen MR) is 75.1 cm³/mol.